The molecule has 1 atom stereocenters. The minimum Gasteiger partial charge on any atom is -0.252 e. The molecule has 4 aliphatic rings. The van der Waals surface area contributed by atoms with Crippen molar-refractivity contribution in [3.8, 4) is 0 Å². The van der Waals surface area contributed by atoms with Crippen LogP contribution in [0.1, 0.15) is 96.3 Å². The maximum atomic E-state index is 3.88. The monoisotopic (exact) mass is 431 g/mol. The van der Waals surface area contributed by atoms with Crippen molar-refractivity contribution in [3.05, 3.63) is 23.3 Å². The average Bonchev–Trinajstić information content (AvgIpc) is 3.09. The third kappa shape index (κ3) is 5.65. The zero-order valence-corrected chi connectivity index (χ0v) is 19.5. The molecule has 148 valence electrons. The molecule has 0 nitrogen and oxygen atoms in total. The predicted octanol–water partition coefficient (Wildman–Crippen LogP) is 7.85. The van der Waals surface area contributed by atoms with Crippen LogP contribution < -0.4 is 0 Å². The van der Waals surface area contributed by atoms with Crippen molar-refractivity contribution < 1.29 is 21.7 Å². The van der Waals surface area contributed by atoms with E-state index in [0.29, 0.717) is 0 Å². The molecule has 0 saturated heterocycles. The van der Waals surface area contributed by atoms with E-state index in [1.54, 1.807) is 5.57 Å². The summed E-state index contributed by atoms with van der Waals surface area (Å²) in [6.45, 7) is 0. The van der Waals surface area contributed by atoms with Crippen molar-refractivity contribution in [2.24, 2.45) is 23.7 Å². The van der Waals surface area contributed by atoms with Crippen LogP contribution in [0.25, 0.3) is 0 Å². The van der Waals surface area contributed by atoms with Gasteiger partial charge in [-0.05, 0) is 24.7 Å². The van der Waals surface area contributed by atoms with Gasteiger partial charge < -0.3 is 0 Å². The molecule has 0 heterocycles. The number of rotatable bonds is 3. The summed E-state index contributed by atoms with van der Waals surface area (Å²) in [5.74, 6) is 3.52. The van der Waals surface area contributed by atoms with Crippen molar-refractivity contribution in [2.45, 2.75) is 96.3 Å². The van der Waals surface area contributed by atoms with Crippen molar-refractivity contribution in [1.29, 1.82) is 0 Å². The molecule has 0 amide bonds. The van der Waals surface area contributed by atoms with Gasteiger partial charge in [0.05, 0.1) is 0 Å². The summed E-state index contributed by atoms with van der Waals surface area (Å²) in [7, 11) is 0. The molecule has 0 N–H and O–H groups in total. The van der Waals surface area contributed by atoms with Gasteiger partial charge in [-0.1, -0.05) is 95.3 Å². The van der Waals surface area contributed by atoms with Crippen LogP contribution in [0.4, 0.5) is 0 Å². The Morgan fingerprint density at radius 3 is 1.62 bits per heavy atom. The zero-order chi connectivity index (χ0) is 15.5. The fraction of sp³-hybridized carbons (Fsp3) is 0.826. The van der Waals surface area contributed by atoms with Crippen LogP contribution >= 0.6 is 24.8 Å². The summed E-state index contributed by atoms with van der Waals surface area (Å²) in [6.07, 6.45) is 28.5. The second-order valence-electron chi connectivity index (χ2n) is 8.77. The second-order valence-corrected chi connectivity index (χ2v) is 8.77. The molecular formula is C23H37Cl2Ti-. The number of hydrogen-bond acceptors (Lipinski definition) is 0. The van der Waals surface area contributed by atoms with Crippen molar-refractivity contribution >= 4 is 24.8 Å². The van der Waals surface area contributed by atoms with E-state index in [-0.39, 0.29) is 46.5 Å². The van der Waals surface area contributed by atoms with Crippen LogP contribution in [0, 0.1) is 29.7 Å². The first-order chi connectivity index (χ1) is 11.4. The summed E-state index contributed by atoms with van der Waals surface area (Å²) in [5, 5.41) is 0. The van der Waals surface area contributed by atoms with E-state index in [1.807, 2.05) is 5.57 Å². The fourth-order valence-corrected chi connectivity index (χ4v) is 6.07. The van der Waals surface area contributed by atoms with Gasteiger partial charge in [0.25, 0.3) is 0 Å². The smallest absolute Gasteiger partial charge is 0 e. The topological polar surface area (TPSA) is 0 Å². The molecule has 0 aromatic carbocycles. The van der Waals surface area contributed by atoms with Gasteiger partial charge >= 0.3 is 0 Å². The van der Waals surface area contributed by atoms with Crippen LogP contribution in [0.2, 0.25) is 0 Å². The normalized spacial score (nSPS) is 28.2. The molecule has 1 unspecified atom stereocenters. The quantitative estimate of drug-likeness (QED) is 0.315. The molecule has 4 aliphatic carbocycles. The molecule has 0 spiro atoms. The number of halogens is 2. The summed E-state index contributed by atoms with van der Waals surface area (Å²) >= 11 is 0. The Bertz CT molecular complexity index is 453. The zero-order valence-electron chi connectivity index (χ0n) is 16.3. The summed E-state index contributed by atoms with van der Waals surface area (Å²) in [6, 6.07) is 0. The van der Waals surface area contributed by atoms with Crippen LogP contribution in [-0.2, 0) is 21.7 Å². The van der Waals surface area contributed by atoms with E-state index in [0.717, 1.165) is 23.7 Å². The minimum absolute atomic E-state index is 0. The van der Waals surface area contributed by atoms with E-state index in [9.17, 15) is 0 Å². The third-order valence-electron chi connectivity index (χ3n) is 7.30. The van der Waals surface area contributed by atoms with E-state index < -0.39 is 0 Å². The molecular weight excluding hydrogens is 395 g/mol. The summed E-state index contributed by atoms with van der Waals surface area (Å²) in [5.41, 5.74) is 3.65. The summed E-state index contributed by atoms with van der Waals surface area (Å²) in [4.78, 5) is 0. The molecule has 0 bridgehead atoms. The van der Waals surface area contributed by atoms with E-state index in [1.165, 1.54) is 96.3 Å². The Labute approximate surface area is 189 Å². The third-order valence-corrected chi connectivity index (χ3v) is 7.30. The summed E-state index contributed by atoms with van der Waals surface area (Å²) < 4.78 is 0. The SMILES string of the molecule is Cl.Cl.[C-]1=CC(C2CCCCC2)C(C2CCCCC2)=C1C1CCCCC1.[Ti]. The van der Waals surface area contributed by atoms with Crippen molar-refractivity contribution in [3.63, 3.8) is 0 Å². The molecule has 0 aromatic rings. The molecule has 0 radical (unpaired) electrons. The Morgan fingerprint density at radius 2 is 1.08 bits per heavy atom. The molecule has 3 saturated carbocycles. The Morgan fingerprint density at radius 1 is 0.615 bits per heavy atom. The van der Waals surface area contributed by atoms with Gasteiger partial charge in [0.2, 0.25) is 0 Å². The molecule has 3 heteroatoms. The first-order valence-electron chi connectivity index (χ1n) is 10.8. The standard InChI is InChI=1S/C23H35.2ClH.Ti/c1-4-10-18(11-5-1)21-16-17-22(19-12-6-2-7-13-19)23(21)20-14-8-3-9-15-20;;;/h16,18-21H,1-15H2;2*1H;/q-1;;;. The van der Waals surface area contributed by atoms with Gasteiger partial charge in [0.1, 0.15) is 0 Å². The van der Waals surface area contributed by atoms with Crippen LogP contribution in [-0.4, -0.2) is 0 Å². The van der Waals surface area contributed by atoms with Gasteiger partial charge in [0.15, 0.2) is 0 Å². The molecule has 3 fully saturated rings. The van der Waals surface area contributed by atoms with Gasteiger partial charge in [-0.15, -0.1) is 24.8 Å². The molecule has 26 heavy (non-hydrogen) atoms. The molecule has 4 rings (SSSR count). The number of hydrogen-bond donors (Lipinski definition) is 0. The average molecular weight is 432 g/mol. The van der Waals surface area contributed by atoms with Gasteiger partial charge in [-0.2, -0.15) is 6.08 Å². The maximum absolute atomic E-state index is 3.88. The van der Waals surface area contributed by atoms with Gasteiger partial charge in [-0.25, -0.2) is 11.1 Å². The maximum Gasteiger partial charge on any atom is 0 e. The first-order valence-corrected chi connectivity index (χ1v) is 10.8. The largest absolute Gasteiger partial charge is 0.252 e. The van der Waals surface area contributed by atoms with E-state index in [4.69, 9.17) is 0 Å². The Kier molecular flexibility index (Phi) is 11.8. The molecule has 0 aliphatic heterocycles. The van der Waals surface area contributed by atoms with Gasteiger partial charge in [0, 0.05) is 21.7 Å². The molecule has 0 aromatic heterocycles. The first kappa shape index (κ1) is 24.8. The Balaban J connectivity index is 0.00000113. The van der Waals surface area contributed by atoms with Gasteiger partial charge in [-0.3, -0.25) is 6.08 Å². The fourth-order valence-electron chi connectivity index (χ4n) is 6.07. The number of allylic oxidation sites excluding steroid dienone is 4. The van der Waals surface area contributed by atoms with Crippen molar-refractivity contribution in [2.75, 3.05) is 0 Å². The minimum atomic E-state index is 0. The predicted molar refractivity (Wildman–Crippen MR) is 113 cm³/mol. The van der Waals surface area contributed by atoms with Crippen LogP contribution in [0.3, 0.4) is 0 Å². The van der Waals surface area contributed by atoms with Crippen molar-refractivity contribution in [1.82, 2.24) is 0 Å². The van der Waals surface area contributed by atoms with Crippen LogP contribution in [0.15, 0.2) is 17.2 Å². The Hall–Kier alpha value is 0.774. The second kappa shape index (κ2) is 12.4. The van der Waals surface area contributed by atoms with E-state index in [2.05, 4.69) is 12.2 Å². The van der Waals surface area contributed by atoms with Crippen LogP contribution in [0.5, 0.6) is 0 Å². The van der Waals surface area contributed by atoms with E-state index >= 15 is 0 Å².